The van der Waals surface area contributed by atoms with E-state index in [4.69, 9.17) is 5.73 Å². The van der Waals surface area contributed by atoms with Crippen molar-refractivity contribution in [1.29, 1.82) is 0 Å². The van der Waals surface area contributed by atoms with Crippen molar-refractivity contribution in [1.82, 2.24) is 19.7 Å². The molecule has 7 nitrogen and oxygen atoms in total. The van der Waals surface area contributed by atoms with E-state index in [0.717, 1.165) is 11.6 Å². The van der Waals surface area contributed by atoms with Gasteiger partial charge in [-0.1, -0.05) is 13.8 Å². The number of primary amides is 1. The van der Waals surface area contributed by atoms with Crippen LogP contribution in [-0.2, 0) is 13.1 Å². The van der Waals surface area contributed by atoms with Gasteiger partial charge >= 0.3 is 0 Å². The summed E-state index contributed by atoms with van der Waals surface area (Å²) in [5, 5.41) is 10.0. The lowest BCUT2D eigenvalue weighted by Gasteiger charge is -2.27. The normalized spacial score (nSPS) is 14.2. The average molecular weight is 319 g/mol. The van der Waals surface area contributed by atoms with Gasteiger partial charge in [0.15, 0.2) is 5.82 Å². The molecule has 2 N–H and O–H groups in total. The highest BCUT2D eigenvalue weighted by molar-refractivity contribution is 7.12. The molecule has 3 rings (SSSR count). The smallest absolute Gasteiger partial charge is 0.264 e. The van der Waals surface area contributed by atoms with Gasteiger partial charge in [0.1, 0.15) is 5.82 Å². The van der Waals surface area contributed by atoms with Gasteiger partial charge in [0, 0.05) is 24.4 Å². The van der Waals surface area contributed by atoms with Crippen molar-refractivity contribution in [2.24, 2.45) is 5.73 Å². The van der Waals surface area contributed by atoms with Gasteiger partial charge in [0.05, 0.1) is 17.0 Å². The number of rotatable bonds is 3. The SMILES string of the molecule is CC(C)c1nnc2n1CCN(C(=O)c1cc(C(N)=O)cs1)C2. The molecular formula is C14H17N5O2S. The van der Waals surface area contributed by atoms with Crippen LogP contribution < -0.4 is 5.73 Å². The second-order valence-electron chi connectivity index (χ2n) is 5.57. The number of hydrogen-bond donors (Lipinski definition) is 1. The standard InChI is InChI=1S/C14H17N5O2S/c1-8(2)13-17-16-11-6-18(3-4-19(11)13)14(21)10-5-9(7-22-10)12(15)20/h5,7-8H,3-4,6H2,1-2H3,(H2,15,20). The highest BCUT2D eigenvalue weighted by Gasteiger charge is 2.26. The van der Waals surface area contributed by atoms with Gasteiger partial charge in [-0.05, 0) is 6.07 Å². The third-order valence-corrected chi connectivity index (χ3v) is 4.60. The summed E-state index contributed by atoms with van der Waals surface area (Å²) >= 11 is 1.24. The second-order valence-corrected chi connectivity index (χ2v) is 6.48. The summed E-state index contributed by atoms with van der Waals surface area (Å²) in [4.78, 5) is 25.9. The number of carbonyl (C=O) groups is 2. The number of fused-ring (bicyclic) bond motifs is 1. The molecule has 0 saturated carbocycles. The Morgan fingerprint density at radius 2 is 2.09 bits per heavy atom. The van der Waals surface area contributed by atoms with Crippen LogP contribution in [0.5, 0.6) is 0 Å². The summed E-state index contributed by atoms with van der Waals surface area (Å²) in [7, 11) is 0. The molecule has 0 aromatic carbocycles. The quantitative estimate of drug-likeness (QED) is 0.920. The molecule has 1 aliphatic rings. The van der Waals surface area contributed by atoms with Gasteiger partial charge in [0.2, 0.25) is 5.91 Å². The average Bonchev–Trinajstić information content (AvgIpc) is 3.12. The molecule has 2 amide bonds. The molecule has 2 aromatic heterocycles. The Balaban J connectivity index is 1.79. The molecule has 0 fully saturated rings. The molecule has 0 aliphatic carbocycles. The fourth-order valence-electron chi connectivity index (χ4n) is 2.51. The monoisotopic (exact) mass is 319 g/mol. The predicted molar refractivity (Wildman–Crippen MR) is 81.7 cm³/mol. The van der Waals surface area contributed by atoms with E-state index in [0.29, 0.717) is 36.0 Å². The minimum Gasteiger partial charge on any atom is -0.366 e. The molecule has 0 saturated heterocycles. The van der Waals surface area contributed by atoms with Crippen LogP contribution in [-0.4, -0.2) is 38.0 Å². The number of carbonyl (C=O) groups excluding carboxylic acids is 2. The zero-order chi connectivity index (χ0) is 15.9. The molecule has 0 bridgehead atoms. The summed E-state index contributed by atoms with van der Waals surface area (Å²) < 4.78 is 2.08. The van der Waals surface area contributed by atoms with E-state index in [-0.39, 0.29) is 5.91 Å². The Bertz CT molecular complexity index is 733. The number of thiophene rings is 1. The summed E-state index contributed by atoms with van der Waals surface area (Å²) in [6.07, 6.45) is 0. The van der Waals surface area contributed by atoms with Crippen molar-refractivity contribution >= 4 is 23.2 Å². The van der Waals surface area contributed by atoms with Gasteiger partial charge in [-0.2, -0.15) is 0 Å². The highest BCUT2D eigenvalue weighted by Crippen LogP contribution is 2.22. The number of nitrogens with two attached hydrogens (primary N) is 1. The number of hydrogen-bond acceptors (Lipinski definition) is 5. The zero-order valence-corrected chi connectivity index (χ0v) is 13.3. The lowest BCUT2D eigenvalue weighted by Crippen LogP contribution is -2.38. The van der Waals surface area contributed by atoms with Gasteiger partial charge in [0.25, 0.3) is 5.91 Å². The summed E-state index contributed by atoms with van der Waals surface area (Å²) in [5.41, 5.74) is 5.59. The molecule has 2 aromatic rings. The second kappa shape index (κ2) is 5.53. The van der Waals surface area contributed by atoms with E-state index in [1.807, 2.05) is 0 Å². The van der Waals surface area contributed by atoms with Crippen molar-refractivity contribution < 1.29 is 9.59 Å². The molecule has 1 aliphatic heterocycles. The Hall–Kier alpha value is -2.22. The summed E-state index contributed by atoms with van der Waals surface area (Å²) in [6.45, 7) is 5.88. The molecule has 116 valence electrons. The van der Waals surface area contributed by atoms with E-state index in [9.17, 15) is 9.59 Å². The summed E-state index contributed by atoms with van der Waals surface area (Å²) in [5.74, 6) is 1.44. The van der Waals surface area contributed by atoms with Crippen LogP contribution in [0.15, 0.2) is 11.4 Å². The minimum absolute atomic E-state index is 0.0992. The van der Waals surface area contributed by atoms with Crippen molar-refractivity contribution in [3.8, 4) is 0 Å². The van der Waals surface area contributed by atoms with Crippen molar-refractivity contribution in [2.75, 3.05) is 6.54 Å². The number of nitrogens with zero attached hydrogens (tertiary/aromatic N) is 4. The van der Waals surface area contributed by atoms with Gasteiger partial charge in [-0.15, -0.1) is 21.5 Å². The fourth-order valence-corrected chi connectivity index (χ4v) is 3.38. The maximum atomic E-state index is 12.5. The molecule has 0 atom stereocenters. The van der Waals surface area contributed by atoms with Crippen molar-refractivity contribution in [2.45, 2.75) is 32.9 Å². The van der Waals surface area contributed by atoms with Crippen LogP contribution in [0.25, 0.3) is 0 Å². The molecule has 0 radical (unpaired) electrons. The number of aromatic nitrogens is 3. The van der Waals surface area contributed by atoms with Gasteiger partial charge < -0.3 is 15.2 Å². The van der Waals surface area contributed by atoms with Crippen LogP contribution in [0.1, 0.15) is 51.4 Å². The van der Waals surface area contributed by atoms with E-state index < -0.39 is 5.91 Å². The lowest BCUT2D eigenvalue weighted by molar-refractivity contribution is 0.0711. The molecule has 8 heteroatoms. The van der Waals surface area contributed by atoms with Crippen LogP contribution in [0, 0.1) is 0 Å². The first-order chi connectivity index (χ1) is 10.5. The first-order valence-electron chi connectivity index (χ1n) is 7.07. The van der Waals surface area contributed by atoms with Gasteiger partial charge in [-0.3, -0.25) is 9.59 Å². The topological polar surface area (TPSA) is 94.1 Å². The zero-order valence-electron chi connectivity index (χ0n) is 12.4. The first-order valence-corrected chi connectivity index (χ1v) is 7.95. The lowest BCUT2D eigenvalue weighted by atomic mass is 10.2. The van der Waals surface area contributed by atoms with Crippen LogP contribution >= 0.6 is 11.3 Å². The third kappa shape index (κ3) is 2.50. The largest absolute Gasteiger partial charge is 0.366 e. The Morgan fingerprint density at radius 1 is 1.32 bits per heavy atom. The first kappa shape index (κ1) is 14.7. The highest BCUT2D eigenvalue weighted by atomic mass is 32.1. The van der Waals surface area contributed by atoms with Crippen LogP contribution in [0.2, 0.25) is 0 Å². The van der Waals surface area contributed by atoms with Crippen molar-refractivity contribution in [3.63, 3.8) is 0 Å². The fraction of sp³-hybridized carbons (Fsp3) is 0.429. The summed E-state index contributed by atoms with van der Waals surface area (Å²) in [6, 6.07) is 1.55. The Kier molecular flexibility index (Phi) is 3.69. The van der Waals surface area contributed by atoms with Crippen LogP contribution in [0.4, 0.5) is 0 Å². The maximum absolute atomic E-state index is 12.5. The molecule has 0 unspecified atom stereocenters. The van der Waals surface area contributed by atoms with E-state index in [2.05, 4.69) is 28.6 Å². The predicted octanol–water partition coefficient (Wildman–Crippen LogP) is 1.22. The molecular weight excluding hydrogens is 302 g/mol. The Labute approximate surface area is 131 Å². The van der Waals surface area contributed by atoms with E-state index in [1.54, 1.807) is 16.3 Å². The van der Waals surface area contributed by atoms with Gasteiger partial charge in [-0.25, -0.2) is 0 Å². The Morgan fingerprint density at radius 3 is 2.73 bits per heavy atom. The van der Waals surface area contributed by atoms with Crippen LogP contribution in [0.3, 0.4) is 0 Å². The third-order valence-electron chi connectivity index (χ3n) is 3.68. The maximum Gasteiger partial charge on any atom is 0.264 e. The number of amides is 2. The minimum atomic E-state index is -0.518. The molecule has 3 heterocycles. The van der Waals surface area contributed by atoms with E-state index >= 15 is 0 Å². The van der Waals surface area contributed by atoms with E-state index in [1.165, 1.54) is 11.3 Å². The molecule has 22 heavy (non-hydrogen) atoms. The van der Waals surface area contributed by atoms with Crippen molar-refractivity contribution in [3.05, 3.63) is 33.5 Å². The molecule has 0 spiro atoms.